The average Bonchev–Trinajstić information content (AvgIpc) is 3.00. The van der Waals surface area contributed by atoms with Crippen molar-refractivity contribution in [3.05, 3.63) is 18.0 Å². The lowest BCUT2D eigenvalue weighted by Crippen LogP contribution is -2.35. The van der Waals surface area contributed by atoms with Crippen LogP contribution < -0.4 is 5.32 Å². The predicted octanol–water partition coefficient (Wildman–Crippen LogP) is 0.615. The maximum absolute atomic E-state index is 11.7. The van der Waals surface area contributed by atoms with Crippen molar-refractivity contribution in [3.8, 4) is 0 Å². The third-order valence-corrected chi connectivity index (χ3v) is 3.07. The van der Waals surface area contributed by atoms with Crippen molar-refractivity contribution in [1.82, 2.24) is 20.0 Å². The number of nitrogens with zero attached hydrogens (tertiary/aromatic N) is 3. The molecule has 0 bridgehead atoms. The molecular formula is C12H20N4O. The standard InChI is InChI=1S/C12H20N4O/c1-2-16-10-11(8-14-16)7-13-9-12(17)15-5-3-4-6-15/h8,10,13H,2-7,9H2,1H3. The summed E-state index contributed by atoms with van der Waals surface area (Å²) >= 11 is 0. The lowest BCUT2D eigenvalue weighted by atomic mass is 10.3. The molecule has 2 heterocycles. The molecule has 5 heteroatoms. The molecule has 1 aromatic rings. The zero-order valence-corrected chi connectivity index (χ0v) is 10.4. The van der Waals surface area contributed by atoms with Gasteiger partial charge in [0.05, 0.1) is 12.7 Å². The number of hydrogen-bond donors (Lipinski definition) is 1. The normalized spacial score (nSPS) is 15.5. The Morgan fingerprint density at radius 2 is 2.24 bits per heavy atom. The van der Waals surface area contributed by atoms with E-state index >= 15 is 0 Å². The van der Waals surface area contributed by atoms with Crippen LogP contribution in [0.5, 0.6) is 0 Å². The highest BCUT2D eigenvalue weighted by molar-refractivity contribution is 5.78. The minimum absolute atomic E-state index is 0.213. The van der Waals surface area contributed by atoms with Crippen LogP contribution in [0.15, 0.2) is 12.4 Å². The number of aryl methyl sites for hydroxylation is 1. The van der Waals surface area contributed by atoms with Gasteiger partial charge in [-0.05, 0) is 19.8 Å². The summed E-state index contributed by atoms with van der Waals surface area (Å²) in [6, 6.07) is 0. The summed E-state index contributed by atoms with van der Waals surface area (Å²) in [5, 5.41) is 7.36. The van der Waals surface area contributed by atoms with Gasteiger partial charge < -0.3 is 10.2 Å². The molecule has 1 aromatic heterocycles. The molecule has 1 amide bonds. The lowest BCUT2D eigenvalue weighted by molar-refractivity contribution is -0.129. The number of nitrogens with one attached hydrogen (secondary N) is 1. The minimum atomic E-state index is 0.213. The quantitative estimate of drug-likeness (QED) is 0.815. The van der Waals surface area contributed by atoms with Gasteiger partial charge in [0.15, 0.2) is 0 Å². The first-order valence-corrected chi connectivity index (χ1v) is 6.29. The first-order chi connectivity index (χ1) is 8.29. The number of carbonyl (C=O) groups is 1. The number of hydrogen-bond acceptors (Lipinski definition) is 3. The highest BCUT2D eigenvalue weighted by atomic mass is 16.2. The van der Waals surface area contributed by atoms with Crippen LogP contribution in [0.1, 0.15) is 25.3 Å². The largest absolute Gasteiger partial charge is 0.342 e. The van der Waals surface area contributed by atoms with Crippen molar-refractivity contribution >= 4 is 5.91 Å². The summed E-state index contributed by atoms with van der Waals surface area (Å²) < 4.78 is 1.89. The van der Waals surface area contributed by atoms with Gasteiger partial charge in [0.25, 0.3) is 0 Å². The number of carbonyl (C=O) groups excluding carboxylic acids is 1. The van der Waals surface area contributed by atoms with E-state index in [0.717, 1.165) is 38.0 Å². The Hall–Kier alpha value is -1.36. The zero-order chi connectivity index (χ0) is 12.1. The Balaban J connectivity index is 1.69. The van der Waals surface area contributed by atoms with Gasteiger partial charge in [-0.3, -0.25) is 9.48 Å². The van der Waals surface area contributed by atoms with Crippen LogP contribution in [0.4, 0.5) is 0 Å². The maximum Gasteiger partial charge on any atom is 0.236 e. The van der Waals surface area contributed by atoms with Gasteiger partial charge in [0.1, 0.15) is 0 Å². The maximum atomic E-state index is 11.7. The number of aromatic nitrogens is 2. The molecule has 1 fully saturated rings. The average molecular weight is 236 g/mol. The summed E-state index contributed by atoms with van der Waals surface area (Å²) in [7, 11) is 0. The van der Waals surface area contributed by atoms with E-state index in [4.69, 9.17) is 0 Å². The van der Waals surface area contributed by atoms with Crippen LogP contribution in [0, 0.1) is 0 Å². The van der Waals surface area contributed by atoms with Crippen molar-refractivity contribution in [2.24, 2.45) is 0 Å². The first kappa shape index (κ1) is 12.1. The monoisotopic (exact) mass is 236 g/mol. The Morgan fingerprint density at radius 1 is 1.47 bits per heavy atom. The molecule has 17 heavy (non-hydrogen) atoms. The van der Waals surface area contributed by atoms with E-state index in [-0.39, 0.29) is 5.91 Å². The van der Waals surface area contributed by atoms with Crippen molar-refractivity contribution in [2.45, 2.75) is 32.9 Å². The van der Waals surface area contributed by atoms with E-state index in [1.54, 1.807) is 0 Å². The zero-order valence-electron chi connectivity index (χ0n) is 10.4. The van der Waals surface area contributed by atoms with E-state index in [9.17, 15) is 4.79 Å². The van der Waals surface area contributed by atoms with Gasteiger partial charge in [-0.1, -0.05) is 0 Å². The lowest BCUT2D eigenvalue weighted by Gasteiger charge is -2.15. The molecule has 0 aliphatic carbocycles. The molecule has 94 valence electrons. The smallest absolute Gasteiger partial charge is 0.236 e. The first-order valence-electron chi connectivity index (χ1n) is 6.29. The summed E-state index contributed by atoms with van der Waals surface area (Å²) in [4.78, 5) is 13.7. The Bertz CT molecular complexity index is 368. The predicted molar refractivity (Wildman–Crippen MR) is 65.4 cm³/mol. The number of rotatable bonds is 5. The molecule has 1 aliphatic heterocycles. The molecule has 1 saturated heterocycles. The summed E-state index contributed by atoms with van der Waals surface area (Å²) in [5.41, 5.74) is 1.13. The fraction of sp³-hybridized carbons (Fsp3) is 0.667. The summed E-state index contributed by atoms with van der Waals surface area (Å²) in [6.45, 7) is 5.92. The van der Waals surface area contributed by atoms with Gasteiger partial charge in [0.2, 0.25) is 5.91 Å². The highest BCUT2D eigenvalue weighted by Crippen LogP contribution is 2.06. The molecular weight excluding hydrogens is 216 g/mol. The second-order valence-electron chi connectivity index (χ2n) is 4.40. The van der Waals surface area contributed by atoms with Gasteiger partial charge in [-0.25, -0.2) is 0 Å². The van der Waals surface area contributed by atoms with Crippen LogP contribution in [-0.2, 0) is 17.9 Å². The van der Waals surface area contributed by atoms with E-state index in [1.165, 1.54) is 0 Å². The van der Waals surface area contributed by atoms with E-state index in [1.807, 2.05) is 22.0 Å². The van der Waals surface area contributed by atoms with Crippen molar-refractivity contribution in [2.75, 3.05) is 19.6 Å². The van der Waals surface area contributed by atoms with Crippen LogP contribution >= 0.6 is 0 Å². The van der Waals surface area contributed by atoms with Gasteiger partial charge >= 0.3 is 0 Å². The Morgan fingerprint density at radius 3 is 2.88 bits per heavy atom. The van der Waals surface area contributed by atoms with E-state index < -0.39 is 0 Å². The molecule has 0 aromatic carbocycles. The van der Waals surface area contributed by atoms with E-state index in [0.29, 0.717) is 13.1 Å². The van der Waals surface area contributed by atoms with Crippen LogP contribution in [-0.4, -0.2) is 40.2 Å². The molecule has 2 rings (SSSR count). The molecule has 1 aliphatic rings. The second kappa shape index (κ2) is 5.82. The van der Waals surface area contributed by atoms with Gasteiger partial charge in [0, 0.05) is 37.9 Å². The Labute approximate surface area is 102 Å². The summed E-state index contributed by atoms with van der Waals surface area (Å²) in [6.07, 6.45) is 6.15. The Kier molecular flexibility index (Phi) is 4.14. The molecule has 0 spiro atoms. The van der Waals surface area contributed by atoms with Crippen LogP contribution in [0.3, 0.4) is 0 Å². The second-order valence-corrected chi connectivity index (χ2v) is 4.40. The molecule has 5 nitrogen and oxygen atoms in total. The van der Waals surface area contributed by atoms with E-state index in [2.05, 4.69) is 17.3 Å². The topological polar surface area (TPSA) is 50.2 Å². The molecule has 0 radical (unpaired) electrons. The van der Waals surface area contributed by atoms with Crippen LogP contribution in [0.2, 0.25) is 0 Å². The van der Waals surface area contributed by atoms with Crippen molar-refractivity contribution in [3.63, 3.8) is 0 Å². The molecule has 0 saturated carbocycles. The fourth-order valence-corrected chi connectivity index (χ4v) is 2.06. The molecule has 0 atom stereocenters. The number of amides is 1. The van der Waals surface area contributed by atoms with Crippen LogP contribution in [0.25, 0.3) is 0 Å². The van der Waals surface area contributed by atoms with Gasteiger partial charge in [-0.2, -0.15) is 5.10 Å². The SMILES string of the molecule is CCn1cc(CNCC(=O)N2CCCC2)cn1. The fourth-order valence-electron chi connectivity index (χ4n) is 2.06. The minimum Gasteiger partial charge on any atom is -0.342 e. The molecule has 0 unspecified atom stereocenters. The highest BCUT2D eigenvalue weighted by Gasteiger charge is 2.16. The third kappa shape index (κ3) is 3.30. The van der Waals surface area contributed by atoms with Crippen molar-refractivity contribution in [1.29, 1.82) is 0 Å². The molecule has 1 N–H and O–H groups in total. The number of likely N-dealkylation sites (tertiary alicyclic amines) is 1. The van der Waals surface area contributed by atoms with Gasteiger partial charge in [-0.15, -0.1) is 0 Å². The van der Waals surface area contributed by atoms with Crippen molar-refractivity contribution < 1.29 is 4.79 Å². The third-order valence-electron chi connectivity index (χ3n) is 3.07. The summed E-state index contributed by atoms with van der Waals surface area (Å²) in [5.74, 6) is 0.213.